The summed E-state index contributed by atoms with van der Waals surface area (Å²) in [6.07, 6.45) is 0.872. The van der Waals surface area contributed by atoms with Crippen molar-refractivity contribution in [1.82, 2.24) is 0 Å². The lowest BCUT2D eigenvalue weighted by Gasteiger charge is -2.47. The summed E-state index contributed by atoms with van der Waals surface area (Å²) in [7, 11) is 0. The molecule has 0 aromatic heterocycles. The molecule has 6 aromatic carbocycles. The SMILES string of the molecule is C[C@@H](CCS[C@H]1C(=O)N(c2ccccc2)[C@@H]1c1ccc(-c2cccc(OCc3ccccc3)c2)cc1OCc1ccccc1)c1ccc(F)cc1. The van der Waals surface area contributed by atoms with Gasteiger partial charge >= 0.3 is 0 Å². The Labute approximate surface area is 303 Å². The number of hydrogen-bond donors (Lipinski definition) is 0. The molecule has 7 rings (SSSR count). The first-order valence-electron chi connectivity index (χ1n) is 17.4. The van der Waals surface area contributed by atoms with Crippen molar-refractivity contribution in [1.29, 1.82) is 0 Å². The van der Waals surface area contributed by atoms with Crippen LogP contribution in [0.5, 0.6) is 11.5 Å². The molecule has 0 radical (unpaired) electrons. The highest BCUT2D eigenvalue weighted by Gasteiger charge is 2.50. The molecule has 0 bridgehead atoms. The van der Waals surface area contributed by atoms with Crippen LogP contribution in [0.3, 0.4) is 0 Å². The second kappa shape index (κ2) is 16.1. The third kappa shape index (κ3) is 8.19. The van der Waals surface area contributed by atoms with Crippen molar-refractivity contribution in [2.75, 3.05) is 10.7 Å². The summed E-state index contributed by atoms with van der Waals surface area (Å²) >= 11 is 1.69. The molecule has 6 heteroatoms. The number of para-hydroxylation sites is 1. The van der Waals surface area contributed by atoms with Gasteiger partial charge in [-0.1, -0.05) is 122 Å². The Morgan fingerprint density at radius 2 is 1.31 bits per heavy atom. The van der Waals surface area contributed by atoms with Gasteiger partial charge in [0.2, 0.25) is 5.91 Å². The van der Waals surface area contributed by atoms with Crippen molar-refractivity contribution in [2.24, 2.45) is 0 Å². The van der Waals surface area contributed by atoms with Gasteiger partial charge in [0.05, 0.1) is 6.04 Å². The molecule has 0 saturated carbocycles. The fraction of sp³-hybridized carbons (Fsp3) is 0.178. The van der Waals surface area contributed by atoms with Gasteiger partial charge in [0.1, 0.15) is 35.8 Å². The van der Waals surface area contributed by atoms with Crippen molar-refractivity contribution in [2.45, 2.75) is 43.8 Å². The number of amides is 1. The molecule has 1 amide bonds. The molecular formula is C45H40FNO3S. The van der Waals surface area contributed by atoms with Crippen LogP contribution in [0.2, 0.25) is 0 Å². The van der Waals surface area contributed by atoms with E-state index in [9.17, 15) is 9.18 Å². The zero-order valence-electron chi connectivity index (χ0n) is 28.5. The molecule has 1 aliphatic rings. The molecule has 51 heavy (non-hydrogen) atoms. The second-order valence-corrected chi connectivity index (χ2v) is 14.1. The first-order chi connectivity index (χ1) is 25.0. The fourth-order valence-corrected chi connectivity index (χ4v) is 7.91. The first kappa shape index (κ1) is 34.1. The number of carbonyl (C=O) groups excluding carboxylic acids is 1. The molecule has 3 atom stereocenters. The third-order valence-corrected chi connectivity index (χ3v) is 10.6. The Morgan fingerprint density at radius 3 is 2.00 bits per heavy atom. The van der Waals surface area contributed by atoms with Crippen molar-refractivity contribution in [3.8, 4) is 22.6 Å². The monoisotopic (exact) mass is 693 g/mol. The molecule has 0 aliphatic carbocycles. The maximum atomic E-state index is 13.9. The molecule has 1 aliphatic heterocycles. The minimum Gasteiger partial charge on any atom is -0.489 e. The zero-order valence-corrected chi connectivity index (χ0v) is 29.3. The maximum Gasteiger partial charge on any atom is 0.243 e. The molecule has 0 unspecified atom stereocenters. The summed E-state index contributed by atoms with van der Waals surface area (Å²) in [6, 6.07) is 51.1. The summed E-state index contributed by atoms with van der Waals surface area (Å²) in [6.45, 7) is 3.04. The van der Waals surface area contributed by atoms with Crippen molar-refractivity contribution in [3.63, 3.8) is 0 Å². The van der Waals surface area contributed by atoms with Crippen LogP contribution in [0.15, 0.2) is 158 Å². The van der Waals surface area contributed by atoms with Crippen LogP contribution in [-0.4, -0.2) is 16.9 Å². The van der Waals surface area contributed by atoms with Gasteiger partial charge < -0.3 is 14.4 Å². The standard InChI is InChI=1S/C45H40FNO3S/c1-32(35-20-23-38(46)24-21-35)26-27-51-44-43(47(45(44)48)39-17-9-4-10-18-39)41-25-22-37(29-42(41)50-31-34-14-7-3-8-15-34)36-16-11-19-40(28-36)49-30-33-12-5-2-6-13-33/h2-25,28-29,32,43-44H,26-27,30-31H2,1H3/t32-,43+,44+/m0/s1. The van der Waals surface area contributed by atoms with Gasteiger partial charge in [-0.25, -0.2) is 4.39 Å². The smallest absolute Gasteiger partial charge is 0.243 e. The number of halogens is 1. The highest BCUT2D eigenvalue weighted by Crippen LogP contribution is 2.49. The number of hydrogen-bond acceptors (Lipinski definition) is 4. The van der Waals surface area contributed by atoms with Crippen molar-refractivity contribution in [3.05, 3.63) is 186 Å². The van der Waals surface area contributed by atoms with Crippen LogP contribution in [0.25, 0.3) is 11.1 Å². The number of thioether (sulfide) groups is 1. The number of anilines is 1. The predicted octanol–water partition coefficient (Wildman–Crippen LogP) is 11.0. The predicted molar refractivity (Wildman–Crippen MR) is 206 cm³/mol. The van der Waals surface area contributed by atoms with E-state index in [1.54, 1.807) is 11.8 Å². The van der Waals surface area contributed by atoms with Crippen molar-refractivity contribution >= 4 is 23.4 Å². The van der Waals surface area contributed by atoms with E-state index in [1.165, 1.54) is 12.1 Å². The quantitative estimate of drug-likeness (QED) is 0.106. The largest absolute Gasteiger partial charge is 0.489 e. The van der Waals surface area contributed by atoms with Crippen molar-refractivity contribution < 1.29 is 18.7 Å². The second-order valence-electron chi connectivity index (χ2n) is 12.9. The molecule has 6 aromatic rings. The minimum absolute atomic E-state index is 0.0898. The lowest BCUT2D eigenvalue weighted by Crippen LogP contribution is -2.57. The van der Waals surface area contributed by atoms with Crippen LogP contribution in [-0.2, 0) is 18.0 Å². The van der Waals surface area contributed by atoms with Crippen LogP contribution < -0.4 is 14.4 Å². The summed E-state index contributed by atoms with van der Waals surface area (Å²) in [4.78, 5) is 15.8. The molecule has 0 spiro atoms. The van der Waals surface area contributed by atoms with Crippen LogP contribution in [0.4, 0.5) is 10.1 Å². The number of β-lactam (4-membered cyclic amide) rings is 1. The van der Waals surface area contributed by atoms with E-state index in [1.807, 2.05) is 95.9 Å². The molecule has 1 saturated heterocycles. The van der Waals surface area contributed by atoms with E-state index < -0.39 is 0 Å². The zero-order chi connectivity index (χ0) is 35.0. The summed E-state index contributed by atoms with van der Waals surface area (Å²) in [5, 5.41) is -0.273. The highest BCUT2D eigenvalue weighted by atomic mass is 32.2. The molecule has 1 fully saturated rings. The number of nitrogens with zero attached hydrogens (tertiary/aromatic N) is 1. The Hall–Kier alpha value is -5.33. The summed E-state index contributed by atoms with van der Waals surface area (Å²) < 4.78 is 26.3. The topological polar surface area (TPSA) is 38.8 Å². The molecule has 4 nitrogen and oxygen atoms in total. The number of carbonyl (C=O) groups is 1. The lowest BCUT2D eigenvalue weighted by atomic mass is 9.90. The molecular weight excluding hydrogens is 654 g/mol. The number of benzene rings is 6. The fourth-order valence-electron chi connectivity index (χ4n) is 6.46. The van der Waals surface area contributed by atoms with Gasteiger partial charge in [-0.2, -0.15) is 0 Å². The van der Waals surface area contributed by atoms with E-state index in [4.69, 9.17) is 9.47 Å². The van der Waals surface area contributed by atoms with Crippen LogP contribution in [0, 0.1) is 5.82 Å². The van der Waals surface area contributed by atoms with Crippen LogP contribution >= 0.6 is 11.8 Å². The van der Waals surface area contributed by atoms with E-state index in [0.29, 0.717) is 13.2 Å². The molecule has 0 N–H and O–H groups in total. The number of ether oxygens (including phenoxy) is 2. The molecule has 256 valence electrons. The average molecular weight is 694 g/mol. The highest BCUT2D eigenvalue weighted by molar-refractivity contribution is 8.00. The normalized spacial score (nSPS) is 16.0. The maximum absolute atomic E-state index is 13.9. The van der Waals surface area contributed by atoms with E-state index >= 15 is 0 Å². The molecule has 1 heterocycles. The summed E-state index contributed by atoms with van der Waals surface area (Å²) in [5.41, 5.74) is 7.13. The van der Waals surface area contributed by atoms with E-state index in [0.717, 1.165) is 62.7 Å². The van der Waals surface area contributed by atoms with E-state index in [2.05, 4.69) is 61.5 Å². The average Bonchev–Trinajstić information content (AvgIpc) is 3.18. The summed E-state index contributed by atoms with van der Waals surface area (Å²) in [5.74, 6) is 2.43. The van der Waals surface area contributed by atoms with Crippen LogP contribution in [0.1, 0.15) is 47.6 Å². The number of rotatable bonds is 14. The Bertz CT molecular complexity index is 2040. The first-order valence-corrected chi connectivity index (χ1v) is 18.4. The van der Waals surface area contributed by atoms with Gasteiger partial charge in [0.15, 0.2) is 0 Å². The van der Waals surface area contributed by atoms with E-state index in [-0.39, 0.29) is 28.9 Å². The third-order valence-electron chi connectivity index (χ3n) is 9.35. The lowest BCUT2D eigenvalue weighted by molar-refractivity contribution is -0.123. The van der Waals surface area contributed by atoms with Gasteiger partial charge in [0, 0.05) is 11.3 Å². The van der Waals surface area contributed by atoms with Gasteiger partial charge in [0.25, 0.3) is 0 Å². The van der Waals surface area contributed by atoms with Gasteiger partial charge in [-0.05, 0) is 88.4 Å². The Morgan fingerprint density at radius 1 is 0.686 bits per heavy atom. The van der Waals surface area contributed by atoms with Gasteiger partial charge in [-0.3, -0.25) is 4.79 Å². The minimum atomic E-state index is -0.273. The Balaban J connectivity index is 1.18. The van der Waals surface area contributed by atoms with Gasteiger partial charge in [-0.15, -0.1) is 11.8 Å². The Kier molecular flexibility index (Phi) is 10.8.